The van der Waals surface area contributed by atoms with Crippen LogP contribution in [0.4, 0.5) is 0 Å². The first-order valence-corrected chi connectivity index (χ1v) is 6.07. The van der Waals surface area contributed by atoms with Crippen LogP contribution < -0.4 is 5.32 Å². The highest BCUT2D eigenvalue weighted by molar-refractivity contribution is 7.98. The summed E-state index contributed by atoms with van der Waals surface area (Å²) < 4.78 is 0. The summed E-state index contributed by atoms with van der Waals surface area (Å²) in [6, 6.07) is 0.305. The number of unbranched alkanes of at least 4 members (excludes halogenated alkanes) is 1. The van der Waals surface area contributed by atoms with E-state index in [0.29, 0.717) is 6.04 Å². The Kier molecular flexibility index (Phi) is 9.57. The molecular weight excluding hydrogens is 170 g/mol. The van der Waals surface area contributed by atoms with E-state index in [1.807, 2.05) is 11.8 Å². The Morgan fingerprint density at radius 1 is 1.42 bits per heavy atom. The summed E-state index contributed by atoms with van der Waals surface area (Å²) in [5, 5.41) is 12.2. The largest absolute Gasteiger partial charge is 0.395 e. The van der Waals surface area contributed by atoms with Crippen molar-refractivity contribution in [1.29, 1.82) is 0 Å². The fourth-order valence-electron chi connectivity index (χ4n) is 1.02. The lowest BCUT2D eigenvalue weighted by Crippen LogP contribution is -2.32. The van der Waals surface area contributed by atoms with Gasteiger partial charge >= 0.3 is 0 Å². The number of hydrogen-bond donors (Lipinski definition) is 2. The van der Waals surface area contributed by atoms with E-state index in [1.54, 1.807) is 0 Å². The summed E-state index contributed by atoms with van der Waals surface area (Å²) in [6.45, 7) is 3.40. The molecule has 2 nitrogen and oxygen atoms in total. The zero-order chi connectivity index (χ0) is 9.23. The second-order valence-corrected chi connectivity index (χ2v) is 3.93. The maximum absolute atomic E-state index is 8.86. The molecule has 0 spiro atoms. The van der Waals surface area contributed by atoms with Gasteiger partial charge in [-0.05, 0) is 37.8 Å². The zero-order valence-electron chi connectivity index (χ0n) is 8.18. The molecule has 0 aliphatic carbocycles. The SMILES string of the molecule is CCC(CO)NCCCCSC. The van der Waals surface area contributed by atoms with Gasteiger partial charge in [0.15, 0.2) is 0 Å². The summed E-state index contributed by atoms with van der Waals surface area (Å²) in [7, 11) is 0. The van der Waals surface area contributed by atoms with Gasteiger partial charge in [0.1, 0.15) is 0 Å². The van der Waals surface area contributed by atoms with Crippen LogP contribution in [-0.4, -0.2) is 36.3 Å². The van der Waals surface area contributed by atoms with E-state index < -0.39 is 0 Å². The number of thioether (sulfide) groups is 1. The first-order chi connectivity index (χ1) is 5.85. The topological polar surface area (TPSA) is 32.3 Å². The Hall–Kier alpha value is 0.270. The maximum atomic E-state index is 8.86. The highest BCUT2D eigenvalue weighted by atomic mass is 32.2. The standard InChI is InChI=1S/C9H21NOS/c1-3-9(8-11)10-6-4-5-7-12-2/h9-11H,3-8H2,1-2H3. The van der Waals surface area contributed by atoms with Crippen molar-refractivity contribution in [1.82, 2.24) is 5.32 Å². The second kappa shape index (κ2) is 9.36. The summed E-state index contributed by atoms with van der Waals surface area (Å²) in [5.41, 5.74) is 0. The Bertz CT molecular complexity index is 86.6. The predicted molar refractivity (Wildman–Crippen MR) is 56.8 cm³/mol. The van der Waals surface area contributed by atoms with Gasteiger partial charge in [-0.15, -0.1) is 0 Å². The van der Waals surface area contributed by atoms with E-state index in [-0.39, 0.29) is 6.61 Å². The van der Waals surface area contributed by atoms with Crippen LogP contribution in [0.2, 0.25) is 0 Å². The molecule has 74 valence electrons. The van der Waals surface area contributed by atoms with Gasteiger partial charge in [-0.2, -0.15) is 11.8 Å². The highest BCUT2D eigenvalue weighted by Crippen LogP contribution is 1.98. The number of rotatable bonds is 8. The minimum Gasteiger partial charge on any atom is -0.395 e. The molecule has 0 aliphatic heterocycles. The fraction of sp³-hybridized carbons (Fsp3) is 1.00. The van der Waals surface area contributed by atoms with Crippen LogP contribution in [0.1, 0.15) is 26.2 Å². The third-order valence-electron chi connectivity index (χ3n) is 1.92. The minimum atomic E-state index is 0.263. The van der Waals surface area contributed by atoms with Gasteiger partial charge < -0.3 is 10.4 Å². The lowest BCUT2D eigenvalue weighted by molar-refractivity contribution is 0.239. The van der Waals surface area contributed by atoms with Crippen LogP contribution in [0.25, 0.3) is 0 Å². The highest BCUT2D eigenvalue weighted by Gasteiger charge is 2.00. The molecule has 0 saturated heterocycles. The molecule has 0 aromatic rings. The number of hydrogen-bond acceptors (Lipinski definition) is 3. The quantitative estimate of drug-likeness (QED) is 0.570. The van der Waals surface area contributed by atoms with Crippen molar-refractivity contribution in [2.45, 2.75) is 32.2 Å². The average Bonchev–Trinajstić information content (AvgIpc) is 2.11. The number of aliphatic hydroxyl groups excluding tert-OH is 1. The molecule has 0 aromatic carbocycles. The molecular formula is C9H21NOS. The van der Waals surface area contributed by atoms with Crippen LogP contribution in [0, 0.1) is 0 Å². The van der Waals surface area contributed by atoms with E-state index >= 15 is 0 Å². The second-order valence-electron chi connectivity index (χ2n) is 2.94. The Morgan fingerprint density at radius 3 is 2.67 bits per heavy atom. The molecule has 0 bridgehead atoms. The third kappa shape index (κ3) is 6.95. The Morgan fingerprint density at radius 2 is 2.17 bits per heavy atom. The molecule has 0 aromatic heterocycles. The van der Waals surface area contributed by atoms with Gasteiger partial charge in [-0.1, -0.05) is 6.92 Å². The van der Waals surface area contributed by atoms with E-state index in [9.17, 15) is 0 Å². The smallest absolute Gasteiger partial charge is 0.0584 e. The molecule has 0 rings (SSSR count). The van der Waals surface area contributed by atoms with Gasteiger partial charge in [-0.3, -0.25) is 0 Å². The molecule has 3 heteroatoms. The first-order valence-electron chi connectivity index (χ1n) is 4.68. The molecule has 1 unspecified atom stereocenters. The fourth-order valence-corrected chi connectivity index (χ4v) is 1.51. The summed E-state index contributed by atoms with van der Waals surface area (Å²) in [4.78, 5) is 0. The first kappa shape index (κ1) is 12.3. The van der Waals surface area contributed by atoms with Gasteiger partial charge in [0.25, 0.3) is 0 Å². The normalized spacial score (nSPS) is 13.2. The lowest BCUT2D eigenvalue weighted by atomic mass is 10.2. The predicted octanol–water partition coefficient (Wildman–Crippen LogP) is 1.49. The Balaban J connectivity index is 3.06. The van der Waals surface area contributed by atoms with Crippen LogP contribution in [-0.2, 0) is 0 Å². The van der Waals surface area contributed by atoms with Crippen molar-refractivity contribution >= 4 is 11.8 Å². The van der Waals surface area contributed by atoms with E-state index in [4.69, 9.17) is 5.11 Å². The van der Waals surface area contributed by atoms with Crippen LogP contribution in [0.5, 0.6) is 0 Å². The third-order valence-corrected chi connectivity index (χ3v) is 2.62. The Labute approximate surface area is 80.1 Å². The van der Waals surface area contributed by atoms with E-state index in [2.05, 4.69) is 18.5 Å². The molecule has 0 amide bonds. The minimum absolute atomic E-state index is 0.263. The molecule has 12 heavy (non-hydrogen) atoms. The van der Waals surface area contributed by atoms with Crippen molar-refractivity contribution in [2.75, 3.05) is 25.2 Å². The zero-order valence-corrected chi connectivity index (χ0v) is 8.99. The summed E-state index contributed by atoms with van der Waals surface area (Å²) >= 11 is 1.89. The molecule has 0 saturated carbocycles. The van der Waals surface area contributed by atoms with Gasteiger partial charge in [0.2, 0.25) is 0 Å². The summed E-state index contributed by atoms with van der Waals surface area (Å²) in [5.74, 6) is 1.25. The van der Waals surface area contributed by atoms with Gasteiger partial charge in [0.05, 0.1) is 6.61 Å². The molecule has 0 aliphatic rings. The molecule has 0 radical (unpaired) electrons. The molecule has 0 fully saturated rings. The number of nitrogens with one attached hydrogen (secondary N) is 1. The van der Waals surface area contributed by atoms with Crippen molar-refractivity contribution in [3.8, 4) is 0 Å². The average molecular weight is 191 g/mol. The van der Waals surface area contributed by atoms with E-state index in [0.717, 1.165) is 13.0 Å². The molecule has 1 atom stereocenters. The van der Waals surface area contributed by atoms with E-state index in [1.165, 1.54) is 18.6 Å². The molecule has 0 heterocycles. The van der Waals surface area contributed by atoms with Crippen LogP contribution in [0.3, 0.4) is 0 Å². The molecule has 2 N–H and O–H groups in total. The maximum Gasteiger partial charge on any atom is 0.0584 e. The van der Waals surface area contributed by atoms with Crippen molar-refractivity contribution in [3.05, 3.63) is 0 Å². The number of aliphatic hydroxyl groups is 1. The van der Waals surface area contributed by atoms with Gasteiger partial charge in [0, 0.05) is 6.04 Å². The van der Waals surface area contributed by atoms with Gasteiger partial charge in [-0.25, -0.2) is 0 Å². The van der Waals surface area contributed by atoms with Crippen molar-refractivity contribution in [3.63, 3.8) is 0 Å². The lowest BCUT2D eigenvalue weighted by Gasteiger charge is -2.13. The monoisotopic (exact) mass is 191 g/mol. The van der Waals surface area contributed by atoms with Crippen LogP contribution >= 0.6 is 11.8 Å². The van der Waals surface area contributed by atoms with Crippen molar-refractivity contribution < 1.29 is 5.11 Å². The summed E-state index contributed by atoms with van der Waals surface area (Å²) in [6.07, 6.45) is 5.64. The van der Waals surface area contributed by atoms with Crippen LogP contribution in [0.15, 0.2) is 0 Å². The van der Waals surface area contributed by atoms with Crippen molar-refractivity contribution in [2.24, 2.45) is 0 Å².